The fraction of sp³-hybridized carbons (Fsp3) is 0.917. The van der Waals surface area contributed by atoms with Crippen LogP contribution in [0.1, 0.15) is 141 Å². The highest BCUT2D eigenvalue weighted by Gasteiger charge is 1.96. The Balaban J connectivity index is 0.000000240. The molecule has 2 aliphatic rings. The van der Waals surface area contributed by atoms with Crippen LogP contribution in [0.2, 0.25) is 0 Å². The molecule has 24 heavy (non-hydrogen) atoms. The van der Waals surface area contributed by atoms with Gasteiger partial charge in [-0.1, -0.05) is 128 Å². The molecule has 2 rings (SSSR count). The molecule has 0 aromatic rings. The minimum Gasteiger partial charge on any atom is -0.0885 e. The van der Waals surface area contributed by atoms with Crippen LogP contribution in [0.5, 0.6) is 0 Å². The summed E-state index contributed by atoms with van der Waals surface area (Å²) in [4.78, 5) is 0. The van der Waals surface area contributed by atoms with E-state index >= 15 is 0 Å². The van der Waals surface area contributed by atoms with E-state index in [1.807, 2.05) is 0 Å². The van der Waals surface area contributed by atoms with Crippen molar-refractivity contribution in [3.8, 4) is 0 Å². The predicted molar refractivity (Wildman–Crippen MR) is 111 cm³/mol. The lowest BCUT2D eigenvalue weighted by atomic mass is 10.0. The number of hydrogen-bond acceptors (Lipinski definition) is 0. The van der Waals surface area contributed by atoms with Crippen LogP contribution in [0.25, 0.3) is 0 Å². The summed E-state index contributed by atoms with van der Waals surface area (Å²) in [5.41, 5.74) is 0. The van der Waals surface area contributed by atoms with Gasteiger partial charge in [-0.05, 0) is 25.7 Å². The molecule has 0 bridgehead atoms. The SMILES string of the molecule is C1=CCCCCCCCCCC1.C1CCCCCCCCCCC1. The van der Waals surface area contributed by atoms with E-state index in [1.165, 1.54) is 141 Å². The summed E-state index contributed by atoms with van der Waals surface area (Å²) in [5.74, 6) is 0. The Hall–Kier alpha value is -0.260. The molecule has 0 spiro atoms. The van der Waals surface area contributed by atoms with Crippen molar-refractivity contribution in [2.75, 3.05) is 0 Å². The van der Waals surface area contributed by atoms with Crippen LogP contribution in [0.15, 0.2) is 12.2 Å². The largest absolute Gasteiger partial charge is 0.0885 e. The number of hydrogen-bond donors (Lipinski definition) is 0. The van der Waals surface area contributed by atoms with Crippen LogP contribution in [-0.4, -0.2) is 0 Å². The Morgan fingerprint density at radius 3 is 0.583 bits per heavy atom. The molecule has 0 heteroatoms. The van der Waals surface area contributed by atoms with Crippen molar-refractivity contribution in [1.29, 1.82) is 0 Å². The maximum Gasteiger partial charge on any atom is -0.0351 e. The lowest BCUT2D eigenvalue weighted by molar-refractivity contribution is 0.504. The lowest BCUT2D eigenvalue weighted by Crippen LogP contribution is -1.85. The average molecular weight is 335 g/mol. The fourth-order valence-corrected chi connectivity index (χ4v) is 3.94. The standard InChI is InChI=1S/C12H24.C12H22/c2*1-2-4-6-8-10-12-11-9-7-5-3-1/h1-12H2;1-2H,3-12H2. The zero-order valence-corrected chi connectivity index (χ0v) is 16.7. The first-order valence-corrected chi connectivity index (χ1v) is 11.6. The van der Waals surface area contributed by atoms with Gasteiger partial charge < -0.3 is 0 Å². The van der Waals surface area contributed by atoms with Gasteiger partial charge in [0.2, 0.25) is 0 Å². The topological polar surface area (TPSA) is 0 Å². The van der Waals surface area contributed by atoms with Gasteiger partial charge in [-0.15, -0.1) is 0 Å². The van der Waals surface area contributed by atoms with E-state index in [2.05, 4.69) is 12.2 Å². The Morgan fingerprint density at radius 1 is 0.208 bits per heavy atom. The highest BCUT2D eigenvalue weighted by molar-refractivity contribution is 4.81. The van der Waals surface area contributed by atoms with Crippen molar-refractivity contribution >= 4 is 0 Å². The first-order chi connectivity index (χ1) is 12.0. The molecule has 142 valence electrons. The third kappa shape index (κ3) is 16.6. The summed E-state index contributed by atoms with van der Waals surface area (Å²) in [7, 11) is 0. The highest BCUT2D eigenvalue weighted by atomic mass is 14.0. The van der Waals surface area contributed by atoms with Gasteiger partial charge in [0, 0.05) is 0 Å². The van der Waals surface area contributed by atoms with Crippen molar-refractivity contribution in [3.05, 3.63) is 12.2 Å². The van der Waals surface area contributed by atoms with E-state index in [4.69, 9.17) is 0 Å². The van der Waals surface area contributed by atoms with E-state index in [0.717, 1.165) is 0 Å². The number of allylic oxidation sites excluding steroid dienone is 2. The van der Waals surface area contributed by atoms with E-state index in [-0.39, 0.29) is 0 Å². The molecule has 0 N–H and O–H groups in total. The fourth-order valence-electron chi connectivity index (χ4n) is 3.94. The van der Waals surface area contributed by atoms with Crippen molar-refractivity contribution in [2.24, 2.45) is 0 Å². The minimum atomic E-state index is 1.32. The molecule has 0 aliphatic heterocycles. The van der Waals surface area contributed by atoms with Gasteiger partial charge in [-0.25, -0.2) is 0 Å². The summed E-state index contributed by atoms with van der Waals surface area (Å²) in [5, 5.41) is 0. The predicted octanol–water partition coefficient (Wildman–Crippen LogP) is 9.14. The maximum absolute atomic E-state index is 2.38. The first-order valence-electron chi connectivity index (χ1n) is 11.6. The monoisotopic (exact) mass is 334 g/mol. The summed E-state index contributed by atoms with van der Waals surface area (Å²) >= 11 is 0. The second-order valence-electron chi connectivity index (χ2n) is 8.12. The van der Waals surface area contributed by atoms with Gasteiger partial charge in [-0.3, -0.25) is 0 Å². The van der Waals surface area contributed by atoms with Crippen LogP contribution in [0, 0.1) is 0 Å². The van der Waals surface area contributed by atoms with Gasteiger partial charge >= 0.3 is 0 Å². The van der Waals surface area contributed by atoms with E-state index in [0.29, 0.717) is 0 Å². The molecule has 0 nitrogen and oxygen atoms in total. The lowest BCUT2D eigenvalue weighted by Gasteiger charge is -2.05. The van der Waals surface area contributed by atoms with Gasteiger partial charge in [0.15, 0.2) is 0 Å². The molecule has 0 aromatic heterocycles. The normalized spacial score (nSPS) is 23.3. The second kappa shape index (κ2) is 19.1. The van der Waals surface area contributed by atoms with E-state index in [1.54, 1.807) is 0 Å². The summed E-state index contributed by atoms with van der Waals surface area (Å²) < 4.78 is 0. The summed E-state index contributed by atoms with van der Waals surface area (Å²) in [6, 6.07) is 0. The molecule has 0 saturated heterocycles. The Bertz CT molecular complexity index is 196. The Kier molecular flexibility index (Phi) is 17.3. The number of rotatable bonds is 0. The van der Waals surface area contributed by atoms with Gasteiger partial charge in [0.1, 0.15) is 0 Å². The molecule has 0 amide bonds. The molecular formula is C24H46. The zero-order chi connectivity index (χ0) is 17.0. The van der Waals surface area contributed by atoms with Crippen LogP contribution in [0.3, 0.4) is 0 Å². The molecule has 2 aliphatic carbocycles. The van der Waals surface area contributed by atoms with Gasteiger partial charge in [0.25, 0.3) is 0 Å². The quantitative estimate of drug-likeness (QED) is 0.387. The van der Waals surface area contributed by atoms with Crippen LogP contribution >= 0.6 is 0 Å². The highest BCUT2D eigenvalue weighted by Crippen LogP contribution is 2.16. The average Bonchev–Trinajstić information content (AvgIpc) is 2.56. The molecule has 1 fully saturated rings. The smallest absolute Gasteiger partial charge is 0.0351 e. The minimum absolute atomic E-state index is 1.32. The van der Waals surface area contributed by atoms with Crippen molar-refractivity contribution in [3.63, 3.8) is 0 Å². The van der Waals surface area contributed by atoms with Crippen molar-refractivity contribution < 1.29 is 0 Å². The maximum atomic E-state index is 2.38. The third-order valence-corrected chi connectivity index (χ3v) is 5.66. The zero-order valence-electron chi connectivity index (χ0n) is 16.7. The van der Waals surface area contributed by atoms with Crippen LogP contribution < -0.4 is 0 Å². The second-order valence-corrected chi connectivity index (χ2v) is 8.12. The molecular weight excluding hydrogens is 288 g/mol. The Labute approximate surface area is 153 Å². The molecule has 0 heterocycles. The van der Waals surface area contributed by atoms with E-state index < -0.39 is 0 Å². The molecule has 0 aromatic carbocycles. The van der Waals surface area contributed by atoms with Gasteiger partial charge in [0.05, 0.1) is 0 Å². The van der Waals surface area contributed by atoms with Crippen LogP contribution in [-0.2, 0) is 0 Å². The summed E-state index contributed by atoms with van der Waals surface area (Å²) in [6.07, 6.45) is 37.0. The summed E-state index contributed by atoms with van der Waals surface area (Å²) in [6.45, 7) is 0. The first kappa shape index (κ1) is 21.8. The van der Waals surface area contributed by atoms with E-state index in [9.17, 15) is 0 Å². The Morgan fingerprint density at radius 2 is 0.375 bits per heavy atom. The van der Waals surface area contributed by atoms with Crippen LogP contribution in [0.4, 0.5) is 0 Å². The molecule has 1 saturated carbocycles. The molecule has 0 atom stereocenters. The molecule has 0 unspecified atom stereocenters. The molecule has 0 radical (unpaired) electrons. The van der Waals surface area contributed by atoms with Crippen molar-refractivity contribution in [2.45, 2.75) is 141 Å². The third-order valence-electron chi connectivity index (χ3n) is 5.66. The van der Waals surface area contributed by atoms with Gasteiger partial charge in [-0.2, -0.15) is 0 Å². The van der Waals surface area contributed by atoms with Crippen molar-refractivity contribution in [1.82, 2.24) is 0 Å².